The van der Waals surface area contributed by atoms with E-state index in [1.165, 1.54) is 0 Å². The maximum atomic E-state index is 12.0. The zero-order valence-corrected chi connectivity index (χ0v) is 14.0. The number of carbonyl (C=O) groups excluding carboxylic acids is 1. The minimum Gasteiger partial charge on any atom is -0.370 e. The molecule has 4 nitrogen and oxygen atoms in total. The molecule has 1 aromatic rings. The molecule has 0 radical (unpaired) electrons. The summed E-state index contributed by atoms with van der Waals surface area (Å²) in [6, 6.07) is 5.27. The van der Waals surface area contributed by atoms with E-state index in [0.717, 1.165) is 5.56 Å². The first-order valence-corrected chi connectivity index (χ1v) is 7.33. The summed E-state index contributed by atoms with van der Waals surface area (Å²) in [6.07, 6.45) is 0.184. The lowest BCUT2D eigenvalue weighted by Gasteiger charge is -2.33. The van der Waals surface area contributed by atoms with E-state index >= 15 is 0 Å². The molecule has 2 atom stereocenters. The van der Waals surface area contributed by atoms with Crippen molar-refractivity contribution in [1.82, 2.24) is 4.90 Å². The number of amides is 1. The molecule has 2 rings (SSSR count). The molecule has 1 aromatic carbocycles. The largest absolute Gasteiger partial charge is 0.370 e. The molecular formula is C14H19Cl3N2O2. The molecule has 118 valence electrons. The van der Waals surface area contributed by atoms with Gasteiger partial charge in [-0.25, -0.2) is 0 Å². The molecule has 0 aliphatic carbocycles. The lowest BCUT2D eigenvalue weighted by Crippen LogP contribution is -2.43. The second-order valence-electron chi connectivity index (χ2n) is 5.05. The van der Waals surface area contributed by atoms with Crippen LogP contribution in [0.2, 0.25) is 10.0 Å². The first kappa shape index (κ1) is 18.5. The van der Waals surface area contributed by atoms with E-state index in [2.05, 4.69) is 0 Å². The number of nitrogens with two attached hydrogens (primary N) is 1. The van der Waals surface area contributed by atoms with Gasteiger partial charge in [-0.1, -0.05) is 29.3 Å². The Morgan fingerprint density at radius 1 is 1.48 bits per heavy atom. The number of ether oxygens (including phenoxy) is 1. The average molecular weight is 354 g/mol. The van der Waals surface area contributed by atoms with Crippen molar-refractivity contribution in [3.63, 3.8) is 0 Å². The maximum Gasteiger partial charge on any atom is 0.224 e. The van der Waals surface area contributed by atoms with E-state index in [0.29, 0.717) is 36.2 Å². The Morgan fingerprint density at radius 2 is 2.19 bits per heavy atom. The summed E-state index contributed by atoms with van der Waals surface area (Å²) in [6.45, 7) is 3.46. The van der Waals surface area contributed by atoms with Crippen LogP contribution in [0, 0.1) is 0 Å². The molecule has 2 unspecified atom stereocenters. The van der Waals surface area contributed by atoms with Crippen LogP contribution >= 0.6 is 35.6 Å². The first-order chi connectivity index (χ1) is 9.47. The van der Waals surface area contributed by atoms with Crippen molar-refractivity contribution in [3.8, 4) is 0 Å². The second-order valence-corrected chi connectivity index (χ2v) is 5.87. The SMILES string of the molecule is CC(N)CC(=O)N1CCOC(c2ccc(Cl)c(Cl)c2)C1.Cl. The zero-order valence-electron chi connectivity index (χ0n) is 11.7. The normalized spacial score (nSPS) is 19.8. The van der Waals surface area contributed by atoms with Crippen molar-refractivity contribution < 1.29 is 9.53 Å². The Balaban J connectivity index is 0.00000220. The number of halogens is 3. The summed E-state index contributed by atoms with van der Waals surface area (Å²) in [5.74, 6) is 0.0633. The Bertz CT molecular complexity index is 497. The van der Waals surface area contributed by atoms with Crippen molar-refractivity contribution >= 4 is 41.5 Å². The fourth-order valence-corrected chi connectivity index (χ4v) is 2.50. The third kappa shape index (κ3) is 5.01. The van der Waals surface area contributed by atoms with Gasteiger partial charge in [0.2, 0.25) is 5.91 Å². The highest BCUT2D eigenvalue weighted by Gasteiger charge is 2.26. The molecule has 0 saturated carbocycles. The van der Waals surface area contributed by atoms with Gasteiger partial charge in [0, 0.05) is 19.0 Å². The molecule has 1 saturated heterocycles. The summed E-state index contributed by atoms with van der Waals surface area (Å²) in [7, 11) is 0. The van der Waals surface area contributed by atoms with Crippen molar-refractivity contribution in [1.29, 1.82) is 0 Å². The third-order valence-corrected chi connectivity index (χ3v) is 3.97. The minimum atomic E-state index is -0.171. The van der Waals surface area contributed by atoms with E-state index in [1.807, 2.05) is 13.0 Å². The van der Waals surface area contributed by atoms with E-state index in [4.69, 9.17) is 33.7 Å². The van der Waals surface area contributed by atoms with Gasteiger partial charge in [0.25, 0.3) is 0 Å². The van der Waals surface area contributed by atoms with Gasteiger partial charge in [-0.05, 0) is 24.6 Å². The van der Waals surface area contributed by atoms with E-state index in [9.17, 15) is 4.79 Å². The Hall–Kier alpha value is -0.520. The molecule has 1 aliphatic rings. The summed E-state index contributed by atoms with van der Waals surface area (Å²) in [5, 5.41) is 1.00. The molecule has 0 spiro atoms. The summed E-state index contributed by atoms with van der Waals surface area (Å²) >= 11 is 11.9. The zero-order chi connectivity index (χ0) is 14.7. The maximum absolute atomic E-state index is 12.0. The van der Waals surface area contributed by atoms with Gasteiger partial charge < -0.3 is 15.4 Å². The van der Waals surface area contributed by atoms with Gasteiger partial charge in [-0.2, -0.15) is 0 Å². The van der Waals surface area contributed by atoms with Crippen molar-refractivity contribution in [2.24, 2.45) is 5.73 Å². The van der Waals surface area contributed by atoms with Crippen molar-refractivity contribution in [3.05, 3.63) is 33.8 Å². The fourth-order valence-electron chi connectivity index (χ4n) is 2.19. The molecule has 0 bridgehead atoms. The van der Waals surface area contributed by atoms with Gasteiger partial charge in [-0.15, -0.1) is 12.4 Å². The summed E-state index contributed by atoms with van der Waals surface area (Å²) < 4.78 is 5.72. The van der Waals surface area contributed by atoms with Gasteiger partial charge in [0.05, 0.1) is 23.2 Å². The monoisotopic (exact) mass is 352 g/mol. The lowest BCUT2D eigenvalue weighted by atomic mass is 10.1. The second kappa shape index (κ2) is 8.20. The molecule has 1 amide bonds. The van der Waals surface area contributed by atoms with Crippen molar-refractivity contribution in [2.45, 2.75) is 25.5 Å². The van der Waals surface area contributed by atoms with Crippen LogP contribution < -0.4 is 5.73 Å². The number of carbonyl (C=O) groups is 1. The van der Waals surface area contributed by atoms with Crippen LogP contribution in [0.1, 0.15) is 25.0 Å². The van der Waals surface area contributed by atoms with E-state index in [-0.39, 0.29) is 30.5 Å². The Labute approximate surface area is 140 Å². The standard InChI is InChI=1S/C14H18Cl2N2O2.ClH/c1-9(17)6-14(19)18-4-5-20-13(8-18)10-2-3-11(15)12(16)7-10;/h2-3,7,9,13H,4-6,8,17H2,1H3;1H. The first-order valence-electron chi connectivity index (χ1n) is 6.57. The smallest absolute Gasteiger partial charge is 0.224 e. The van der Waals surface area contributed by atoms with Gasteiger partial charge in [0.15, 0.2) is 0 Å². The summed E-state index contributed by atoms with van der Waals surface area (Å²) in [5.41, 5.74) is 6.60. The number of morpholine rings is 1. The van der Waals surface area contributed by atoms with Crippen LogP contribution in [0.15, 0.2) is 18.2 Å². The molecule has 21 heavy (non-hydrogen) atoms. The molecule has 0 aromatic heterocycles. The van der Waals surface area contributed by atoms with E-state index < -0.39 is 0 Å². The fraction of sp³-hybridized carbons (Fsp3) is 0.500. The van der Waals surface area contributed by atoms with Crippen LogP contribution in [0.3, 0.4) is 0 Å². The summed E-state index contributed by atoms with van der Waals surface area (Å²) in [4.78, 5) is 13.8. The van der Waals surface area contributed by atoms with Gasteiger partial charge >= 0.3 is 0 Å². The third-order valence-electron chi connectivity index (χ3n) is 3.23. The van der Waals surface area contributed by atoms with E-state index in [1.54, 1.807) is 17.0 Å². The quantitative estimate of drug-likeness (QED) is 0.908. The Kier molecular flexibility index (Phi) is 7.24. The number of hydrogen-bond donors (Lipinski definition) is 1. The molecule has 1 heterocycles. The molecule has 1 fully saturated rings. The van der Waals surface area contributed by atoms with Gasteiger partial charge in [0.1, 0.15) is 6.10 Å². The highest BCUT2D eigenvalue weighted by molar-refractivity contribution is 6.42. The molecule has 7 heteroatoms. The molecule has 2 N–H and O–H groups in total. The Morgan fingerprint density at radius 3 is 2.81 bits per heavy atom. The molecular weight excluding hydrogens is 335 g/mol. The van der Waals surface area contributed by atoms with Gasteiger partial charge in [-0.3, -0.25) is 4.79 Å². The van der Waals surface area contributed by atoms with Crippen LogP contribution in [0.4, 0.5) is 0 Å². The predicted octanol–water partition coefficient (Wildman–Crippen LogP) is 3.05. The van der Waals surface area contributed by atoms with Crippen LogP contribution in [0.25, 0.3) is 0 Å². The van der Waals surface area contributed by atoms with Crippen LogP contribution in [0.5, 0.6) is 0 Å². The predicted molar refractivity (Wildman–Crippen MR) is 87.2 cm³/mol. The minimum absolute atomic E-state index is 0. The topological polar surface area (TPSA) is 55.6 Å². The highest BCUT2D eigenvalue weighted by Crippen LogP contribution is 2.29. The lowest BCUT2D eigenvalue weighted by molar-refractivity contribution is -0.139. The molecule has 1 aliphatic heterocycles. The van der Waals surface area contributed by atoms with Crippen LogP contribution in [-0.2, 0) is 9.53 Å². The van der Waals surface area contributed by atoms with Crippen LogP contribution in [-0.4, -0.2) is 36.5 Å². The number of rotatable bonds is 3. The number of benzene rings is 1. The van der Waals surface area contributed by atoms with Crippen molar-refractivity contribution in [2.75, 3.05) is 19.7 Å². The number of nitrogens with zero attached hydrogens (tertiary/aromatic N) is 1. The number of hydrogen-bond acceptors (Lipinski definition) is 3. The average Bonchev–Trinajstić information content (AvgIpc) is 2.41. The highest BCUT2D eigenvalue weighted by atomic mass is 35.5.